The molecule has 0 rings (SSSR count). The molecule has 0 spiro atoms. The van der Waals surface area contributed by atoms with Gasteiger partial charge in [-0.1, -0.05) is 33.8 Å². The summed E-state index contributed by atoms with van der Waals surface area (Å²) in [5, 5.41) is 9.48. The highest BCUT2D eigenvalue weighted by molar-refractivity contribution is 5.93. The van der Waals surface area contributed by atoms with Crippen LogP contribution in [0.25, 0.3) is 0 Å². The van der Waals surface area contributed by atoms with Gasteiger partial charge in [0, 0.05) is 0 Å². The zero-order valence-electron chi connectivity index (χ0n) is 8.29. The molecule has 0 heterocycles. The number of aliphatic hydroxyl groups excluding tert-OH is 1. The summed E-state index contributed by atoms with van der Waals surface area (Å²) in [6.07, 6.45) is 3.15. The summed E-state index contributed by atoms with van der Waals surface area (Å²) < 4.78 is 0. The van der Waals surface area contributed by atoms with Crippen molar-refractivity contribution in [1.82, 2.24) is 0 Å². The van der Waals surface area contributed by atoms with Crippen molar-refractivity contribution in [2.75, 3.05) is 0 Å². The van der Waals surface area contributed by atoms with Gasteiger partial charge in [0.2, 0.25) is 0 Å². The lowest BCUT2D eigenvalue weighted by Gasteiger charge is -2.23. The van der Waals surface area contributed by atoms with Crippen LogP contribution in [-0.2, 0) is 4.79 Å². The lowest BCUT2D eigenvalue weighted by Crippen LogP contribution is -2.32. The standard InChI is InChI=1S/C10H18O2/c1-5-6-7-8(11)9(12)10(2,3)4/h6-7,9,12H,5H2,1-4H3/b7-6+/t9-/m0/s1. The van der Waals surface area contributed by atoms with Crippen molar-refractivity contribution in [3.8, 4) is 0 Å². The number of ketones is 1. The molecule has 0 bridgehead atoms. The van der Waals surface area contributed by atoms with Gasteiger partial charge >= 0.3 is 0 Å². The van der Waals surface area contributed by atoms with Crippen molar-refractivity contribution in [1.29, 1.82) is 0 Å². The van der Waals surface area contributed by atoms with E-state index in [-0.39, 0.29) is 11.2 Å². The number of hydrogen-bond acceptors (Lipinski definition) is 2. The van der Waals surface area contributed by atoms with Crippen LogP contribution in [0, 0.1) is 5.41 Å². The summed E-state index contributed by atoms with van der Waals surface area (Å²) in [4.78, 5) is 11.2. The van der Waals surface area contributed by atoms with E-state index in [0.717, 1.165) is 6.42 Å². The molecule has 2 heteroatoms. The Bertz CT molecular complexity index is 175. The molecule has 0 aromatic rings. The minimum absolute atomic E-state index is 0.204. The second kappa shape index (κ2) is 4.41. The van der Waals surface area contributed by atoms with E-state index >= 15 is 0 Å². The highest BCUT2D eigenvalue weighted by atomic mass is 16.3. The molecule has 0 saturated heterocycles. The van der Waals surface area contributed by atoms with Crippen molar-refractivity contribution >= 4 is 5.78 Å². The normalized spacial score (nSPS) is 15.1. The van der Waals surface area contributed by atoms with E-state index in [4.69, 9.17) is 0 Å². The fourth-order valence-corrected chi connectivity index (χ4v) is 0.752. The molecule has 0 aromatic carbocycles. The Morgan fingerprint density at radius 1 is 1.50 bits per heavy atom. The molecule has 0 aromatic heterocycles. The molecule has 0 aliphatic carbocycles. The summed E-state index contributed by atoms with van der Waals surface area (Å²) in [7, 11) is 0. The molecule has 0 radical (unpaired) electrons. The van der Waals surface area contributed by atoms with E-state index in [1.807, 2.05) is 27.7 Å². The lowest BCUT2D eigenvalue weighted by molar-refractivity contribution is -0.127. The quantitative estimate of drug-likeness (QED) is 0.657. The second-order valence-electron chi connectivity index (χ2n) is 3.98. The first-order valence-electron chi connectivity index (χ1n) is 4.28. The van der Waals surface area contributed by atoms with Gasteiger partial charge in [0.15, 0.2) is 5.78 Å². The summed E-state index contributed by atoms with van der Waals surface area (Å²) in [5.74, 6) is -0.204. The minimum Gasteiger partial charge on any atom is -0.384 e. The zero-order valence-corrected chi connectivity index (χ0v) is 8.29. The van der Waals surface area contributed by atoms with Gasteiger partial charge in [-0.3, -0.25) is 4.79 Å². The van der Waals surface area contributed by atoms with E-state index < -0.39 is 6.10 Å². The monoisotopic (exact) mass is 170 g/mol. The van der Waals surface area contributed by atoms with Crippen molar-refractivity contribution in [3.63, 3.8) is 0 Å². The van der Waals surface area contributed by atoms with Crippen LogP contribution in [0.3, 0.4) is 0 Å². The van der Waals surface area contributed by atoms with Gasteiger partial charge in [0.25, 0.3) is 0 Å². The van der Waals surface area contributed by atoms with Crippen molar-refractivity contribution in [2.24, 2.45) is 5.41 Å². The SMILES string of the molecule is CC/C=C/C(=O)[C@H](O)C(C)(C)C. The number of hydrogen-bond donors (Lipinski definition) is 1. The van der Waals surface area contributed by atoms with Gasteiger partial charge in [-0.15, -0.1) is 0 Å². The van der Waals surface area contributed by atoms with Crippen LogP contribution in [0.2, 0.25) is 0 Å². The number of carbonyl (C=O) groups excluding carboxylic acids is 1. The molecule has 0 fully saturated rings. The van der Waals surface area contributed by atoms with E-state index in [1.54, 1.807) is 6.08 Å². The molecule has 2 nitrogen and oxygen atoms in total. The van der Waals surface area contributed by atoms with Gasteiger partial charge < -0.3 is 5.11 Å². The highest BCUT2D eigenvalue weighted by Crippen LogP contribution is 2.19. The van der Waals surface area contributed by atoms with Gasteiger partial charge in [0.05, 0.1) is 0 Å². The van der Waals surface area contributed by atoms with Crippen LogP contribution < -0.4 is 0 Å². The van der Waals surface area contributed by atoms with Gasteiger partial charge in [0.1, 0.15) is 6.10 Å². The third-order valence-electron chi connectivity index (χ3n) is 1.61. The number of rotatable bonds is 3. The van der Waals surface area contributed by atoms with Crippen LogP contribution in [-0.4, -0.2) is 17.0 Å². The first-order valence-corrected chi connectivity index (χ1v) is 4.28. The third-order valence-corrected chi connectivity index (χ3v) is 1.61. The zero-order chi connectivity index (χ0) is 9.78. The molecule has 0 unspecified atom stereocenters. The smallest absolute Gasteiger partial charge is 0.184 e. The number of carbonyl (C=O) groups is 1. The van der Waals surface area contributed by atoms with Crippen LogP contribution in [0.1, 0.15) is 34.1 Å². The maximum absolute atomic E-state index is 11.2. The largest absolute Gasteiger partial charge is 0.384 e. The Morgan fingerprint density at radius 2 is 2.00 bits per heavy atom. The Morgan fingerprint density at radius 3 is 2.33 bits per heavy atom. The number of allylic oxidation sites excluding steroid dienone is 1. The summed E-state index contributed by atoms with van der Waals surface area (Å²) in [6, 6.07) is 0. The van der Waals surface area contributed by atoms with Gasteiger partial charge in [-0.25, -0.2) is 0 Å². The van der Waals surface area contributed by atoms with Crippen molar-refractivity contribution in [3.05, 3.63) is 12.2 Å². The lowest BCUT2D eigenvalue weighted by atomic mass is 9.86. The third kappa shape index (κ3) is 3.67. The van der Waals surface area contributed by atoms with E-state index in [2.05, 4.69) is 0 Å². The van der Waals surface area contributed by atoms with Crippen LogP contribution in [0.4, 0.5) is 0 Å². The molecule has 0 aliphatic rings. The number of aliphatic hydroxyl groups is 1. The topological polar surface area (TPSA) is 37.3 Å². The minimum atomic E-state index is -0.889. The average Bonchev–Trinajstić information content (AvgIpc) is 1.97. The maximum Gasteiger partial charge on any atom is 0.184 e. The molecule has 0 aliphatic heterocycles. The second-order valence-corrected chi connectivity index (χ2v) is 3.98. The first kappa shape index (κ1) is 11.4. The summed E-state index contributed by atoms with van der Waals surface area (Å²) >= 11 is 0. The van der Waals surface area contributed by atoms with Gasteiger partial charge in [-0.05, 0) is 17.9 Å². The molecule has 1 atom stereocenters. The molecule has 70 valence electrons. The fraction of sp³-hybridized carbons (Fsp3) is 0.700. The molecule has 1 N–H and O–H groups in total. The van der Waals surface area contributed by atoms with E-state index in [0.29, 0.717) is 0 Å². The molecule has 0 amide bonds. The average molecular weight is 170 g/mol. The Kier molecular flexibility index (Phi) is 4.18. The Labute approximate surface area is 74.3 Å². The van der Waals surface area contributed by atoms with E-state index in [1.165, 1.54) is 6.08 Å². The van der Waals surface area contributed by atoms with Gasteiger partial charge in [-0.2, -0.15) is 0 Å². The Balaban J connectivity index is 4.21. The fourth-order valence-electron chi connectivity index (χ4n) is 0.752. The van der Waals surface area contributed by atoms with Crippen molar-refractivity contribution in [2.45, 2.75) is 40.2 Å². The van der Waals surface area contributed by atoms with E-state index in [9.17, 15) is 9.90 Å². The maximum atomic E-state index is 11.2. The first-order chi connectivity index (χ1) is 5.39. The summed E-state index contributed by atoms with van der Waals surface area (Å²) in [5.41, 5.74) is -0.366. The molecular formula is C10H18O2. The highest BCUT2D eigenvalue weighted by Gasteiger charge is 2.26. The van der Waals surface area contributed by atoms with Crippen LogP contribution in [0.5, 0.6) is 0 Å². The summed E-state index contributed by atoms with van der Waals surface area (Å²) in [6.45, 7) is 7.48. The van der Waals surface area contributed by atoms with Crippen molar-refractivity contribution < 1.29 is 9.90 Å². The van der Waals surface area contributed by atoms with Crippen LogP contribution in [0.15, 0.2) is 12.2 Å². The molecule has 0 saturated carbocycles. The predicted molar refractivity (Wildman–Crippen MR) is 49.9 cm³/mol. The molecule has 12 heavy (non-hydrogen) atoms. The molecular weight excluding hydrogens is 152 g/mol. The predicted octanol–water partition coefficient (Wildman–Crippen LogP) is 1.93. The Hall–Kier alpha value is -0.630. The van der Waals surface area contributed by atoms with Crippen LogP contribution >= 0.6 is 0 Å².